The van der Waals surface area contributed by atoms with Crippen LogP contribution in [0.5, 0.6) is 5.75 Å². The molecule has 3 rings (SSSR count). The van der Waals surface area contributed by atoms with Crippen molar-refractivity contribution in [1.29, 1.82) is 0 Å². The SMILES string of the molecule is COc1ccc(NC(=S)N/N=C/c2cccn2Cc2ccc(Cl)cc2)cc1. The zero-order chi connectivity index (χ0) is 19.1. The van der Waals surface area contributed by atoms with Crippen LogP contribution >= 0.6 is 23.8 Å². The van der Waals surface area contributed by atoms with Gasteiger partial charge >= 0.3 is 0 Å². The molecule has 2 aromatic carbocycles. The highest BCUT2D eigenvalue weighted by atomic mass is 35.5. The van der Waals surface area contributed by atoms with E-state index in [0.29, 0.717) is 5.11 Å². The Bertz CT molecular complexity index is 920. The highest BCUT2D eigenvalue weighted by Crippen LogP contribution is 2.15. The number of aromatic nitrogens is 1. The van der Waals surface area contributed by atoms with Gasteiger partial charge in [-0.2, -0.15) is 5.10 Å². The molecule has 0 aliphatic carbocycles. The van der Waals surface area contributed by atoms with Crippen molar-refractivity contribution in [2.75, 3.05) is 12.4 Å². The molecule has 3 aromatic rings. The molecule has 0 bridgehead atoms. The number of anilines is 1. The van der Waals surface area contributed by atoms with E-state index in [-0.39, 0.29) is 0 Å². The first-order chi connectivity index (χ1) is 13.1. The Balaban J connectivity index is 1.55. The van der Waals surface area contributed by atoms with Crippen LogP contribution in [-0.4, -0.2) is 23.0 Å². The third-order valence-corrected chi connectivity index (χ3v) is 4.29. The van der Waals surface area contributed by atoms with E-state index in [1.165, 1.54) is 0 Å². The summed E-state index contributed by atoms with van der Waals surface area (Å²) in [7, 11) is 1.63. The van der Waals surface area contributed by atoms with Crippen molar-refractivity contribution in [2.24, 2.45) is 5.10 Å². The fourth-order valence-electron chi connectivity index (χ4n) is 2.47. The summed E-state index contributed by atoms with van der Waals surface area (Å²) in [5, 5.41) is 8.42. The molecule has 0 amide bonds. The van der Waals surface area contributed by atoms with E-state index in [1.807, 2.05) is 66.9 Å². The van der Waals surface area contributed by atoms with Gasteiger partial charge in [-0.25, -0.2) is 0 Å². The van der Waals surface area contributed by atoms with E-state index in [1.54, 1.807) is 13.3 Å². The summed E-state index contributed by atoms with van der Waals surface area (Å²) in [6.07, 6.45) is 3.74. The van der Waals surface area contributed by atoms with Crippen LogP contribution in [0.25, 0.3) is 0 Å². The zero-order valence-corrected chi connectivity index (χ0v) is 16.3. The second kappa shape index (κ2) is 9.21. The smallest absolute Gasteiger partial charge is 0.191 e. The van der Waals surface area contributed by atoms with Crippen molar-refractivity contribution < 1.29 is 4.74 Å². The van der Waals surface area contributed by atoms with Crippen molar-refractivity contribution >= 4 is 40.8 Å². The van der Waals surface area contributed by atoms with Crippen LogP contribution < -0.4 is 15.5 Å². The normalized spacial score (nSPS) is 10.7. The molecule has 5 nitrogen and oxygen atoms in total. The highest BCUT2D eigenvalue weighted by molar-refractivity contribution is 7.80. The summed E-state index contributed by atoms with van der Waals surface area (Å²) in [6, 6.07) is 19.2. The Labute approximate surface area is 168 Å². The molecule has 0 saturated carbocycles. The van der Waals surface area contributed by atoms with E-state index in [4.69, 9.17) is 28.6 Å². The number of hydrogen-bond acceptors (Lipinski definition) is 3. The maximum absolute atomic E-state index is 5.94. The fraction of sp³-hybridized carbons (Fsp3) is 0.100. The lowest BCUT2D eigenvalue weighted by Gasteiger charge is -2.08. The number of halogens is 1. The second-order valence-corrected chi connectivity index (χ2v) is 6.58. The first kappa shape index (κ1) is 18.9. The largest absolute Gasteiger partial charge is 0.497 e. The van der Waals surface area contributed by atoms with Crippen molar-refractivity contribution in [3.8, 4) is 5.75 Å². The summed E-state index contributed by atoms with van der Waals surface area (Å²) in [4.78, 5) is 0. The Morgan fingerprint density at radius 3 is 2.59 bits per heavy atom. The van der Waals surface area contributed by atoms with E-state index < -0.39 is 0 Å². The Morgan fingerprint density at radius 1 is 1.15 bits per heavy atom. The Hall–Kier alpha value is -2.83. The molecule has 0 atom stereocenters. The molecule has 0 radical (unpaired) electrons. The highest BCUT2D eigenvalue weighted by Gasteiger charge is 2.01. The van der Waals surface area contributed by atoms with Crippen LogP contribution in [0.15, 0.2) is 72.0 Å². The fourth-order valence-corrected chi connectivity index (χ4v) is 2.76. The summed E-state index contributed by atoms with van der Waals surface area (Å²) in [5.41, 5.74) is 5.81. The van der Waals surface area contributed by atoms with Gasteiger partial charge in [0.05, 0.1) is 19.0 Å². The summed E-state index contributed by atoms with van der Waals surface area (Å²) in [6.45, 7) is 0.736. The topological polar surface area (TPSA) is 50.6 Å². The number of benzene rings is 2. The van der Waals surface area contributed by atoms with Gasteiger partial charge in [-0.3, -0.25) is 5.43 Å². The van der Waals surface area contributed by atoms with Crippen LogP contribution in [0.1, 0.15) is 11.3 Å². The molecule has 27 heavy (non-hydrogen) atoms. The van der Waals surface area contributed by atoms with Gasteiger partial charge in [-0.15, -0.1) is 0 Å². The van der Waals surface area contributed by atoms with Gasteiger partial charge in [0.1, 0.15) is 5.75 Å². The molecule has 138 valence electrons. The first-order valence-electron chi connectivity index (χ1n) is 8.28. The number of hydrazone groups is 1. The first-order valence-corrected chi connectivity index (χ1v) is 9.06. The maximum Gasteiger partial charge on any atom is 0.191 e. The molecule has 2 N–H and O–H groups in total. The standard InChI is InChI=1S/C20H19ClN4OS/c1-26-19-10-8-17(9-11-19)23-20(27)24-22-13-18-3-2-12-25(18)14-15-4-6-16(21)7-5-15/h2-13H,14H2,1H3,(H2,23,24,27)/b22-13+. The molecule has 1 heterocycles. The van der Waals surface area contributed by atoms with E-state index >= 15 is 0 Å². The molecule has 0 fully saturated rings. The summed E-state index contributed by atoms with van der Waals surface area (Å²) >= 11 is 11.2. The summed E-state index contributed by atoms with van der Waals surface area (Å²) in [5.74, 6) is 0.791. The Morgan fingerprint density at radius 2 is 1.89 bits per heavy atom. The number of hydrogen-bond donors (Lipinski definition) is 2. The Kier molecular flexibility index (Phi) is 6.46. The lowest BCUT2D eigenvalue weighted by molar-refractivity contribution is 0.415. The van der Waals surface area contributed by atoms with E-state index in [2.05, 4.69) is 20.4 Å². The lowest BCUT2D eigenvalue weighted by atomic mass is 10.2. The number of thiocarbonyl (C=S) groups is 1. The van der Waals surface area contributed by atoms with E-state index in [0.717, 1.165) is 34.3 Å². The molecular formula is C20H19ClN4OS. The third-order valence-electron chi connectivity index (χ3n) is 3.84. The number of nitrogens with one attached hydrogen (secondary N) is 2. The number of nitrogens with zero attached hydrogens (tertiary/aromatic N) is 2. The van der Waals surface area contributed by atoms with Gasteiger partial charge in [0.25, 0.3) is 0 Å². The van der Waals surface area contributed by atoms with Crippen LogP contribution in [0, 0.1) is 0 Å². The monoisotopic (exact) mass is 398 g/mol. The lowest BCUT2D eigenvalue weighted by Crippen LogP contribution is -2.24. The van der Waals surface area contributed by atoms with E-state index in [9.17, 15) is 0 Å². The minimum Gasteiger partial charge on any atom is -0.497 e. The van der Waals surface area contributed by atoms with Gasteiger partial charge in [-0.1, -0.05) is 23.7 Å². The average Bonchev–Trinajstić information content (AvgIpc) is 3.11. The second-order valence-electron chi connectivity index (χ2n) is 5.74. The predicted molar refractivity (Wildman–Crippen MR) is 115 cm³/mol. The maximum atomic E-state index is 5.94. The zero-order valence-electron chi connectivity index (χ0n) is 14.7. The minimum absolute atomic E-state index is 0.409. The molecule has 0 aliphatic rings. The predicted octanol–water partition coefficient (Wildman–Crippen LogP) is 4.52. The molecular weight excluding hydrogens is 380 g/mol. The van der Waals surface area contributed by atoms with Crippen molar-refractivity contribution in [2.45, 2.75) is 6.54 Å². The van der Waals surface area contributed by atoms with Gasteiger partial charge in [0, 0.05) is 23.5 Å². The van der Waals surface area contributed by atoms with Gasteiger partial charge in [0.15, 0.2) is 5.11 Å². The van der Waals surface area contributed by atoms with Crippen molar-refractivity contribution in [3.63, 3.8) is 0 Å². The number of rotatable bonds is 6. The molecule has 0 spiro atoms. The molecule has 0 aliphatic heterocycles. The van der Waals surface area contributed by atoms with Gasteiger partial charge in [0.2, 0.25) is 0 Å². The molecule has 1 aromatic heterocycles. The molecule has 7 heteroatoms. The van der Waals surface area contributed by atoms with Crippen LogP contribution in [0.2, 0.25) is 5.02 Å². The van der Waals surface area contributed by atoms with Crippen LogP contribution in [0.4, 0.5) is 5.69 Å². The third kappa shape index (κ3) is 5.57. The van der Waals surface area contributed by atoms with Gasteiger partial charge < -0.3 is 14.6 Å². The van der Waals surface area contributed by atoms with Crippen molar-refractivity contribution in [3.05, 3.63) is 83.1 Å². The number of methoxy groups -OCH3 is 1. The quantitative estimate of drug-likeness (QED) is 0.364. The average molecular weight is 399 g/mol. The minimum atomic E-state index is 0.409. The van der Waals surface area contributed by atoms with Crippen molar-refractivity contribution in [1.82, 2.24) is 9.99 Å². The van der Waals surface area contributed by atoms with Crippen LogP contribution in [0.3, 0.4) is 0 Å². The number of ether oxygens (including phenoxy) is 1. The van der Waals surface area contributed by atoms with Gasteiger partial charge in [-0.05, 0) is 66.3 Å². The molecule has 0 unspecified atom stereocenters. The summed E-state index contributed by atoms with van der Waals surface area (Å²) < 4.78 is 7.22. The molecule has 0 saturated heterocycles. The van der Waals surface area contributed by atoms with Crippen LogP contribution in [-0.2, 0) is 6.54 Å².